The molecule has 0 aromatic carbocycles. The normalized spacial score (nSPS) is 18.2. The van der Waals surface area contributed by atoms with E-state index in [4.69, 9.17) is 4.74 Å². The van der Waals surface area contributed by atoms with Crippen molar-refractivity contribution in [1.29, 1.82) is 0 Å². The summed E-state index contributed by atoms with van der Waals surface area (Å²) in [7, 11) is 0. The Morgan fingerprint density at radius 3 is 2.70 bits per heavy atom. The van der Waals surface area contributed by atoms with Crippen molar-refractivity contribution in [1.82, 2.24) is 10.2 Å². The topological polar surface area (TPSA) is 41.6 Å². The molecule has 0 spiro atoms. The van der Waals surface area contributed by atoms with E-state index in [1.165, 1.54) is 11.3 Å². The van der Waals surface area contributed by atoms with Crippen molar-refractivity contribution in [2.24, 2.45) is 5.92 Å². The second-order valence-electron chi connectivity index (χ2n) is 5.27. The molecule has 1 fully saturated rings. The molecule has 1 aliphatic heterocycles. The maximum atomic E-state index is 12.1. The summed E-state index contributed by atoms with van der Waals surface area (Å²) >= 11 is 4.85. The van der Waals surface area contributed by atoms with Gasteiger partial charge in [0.05, 0.1) is 21.9 Å². The predicted octanol–water partition coefficient (Wildman–Crippen LogP) is 2.60. The highest BCUT2D eigenvalue weighted by Gasteiger charge is 2.24. The average Bonchev–Trinajstić information content (AvgIpc) is 2.86. The van der Waals surface area contributed by atoms with Crippen LogP contribution in [0.25, 0.3) is 0 Å². The molecule has 1 aromatic heterocycles. The van der Waals surface area contributed by atoms with Gasteiger partial charge in [-0.3, -0.25) is 9.69 Å². The number of hydrogen-bond donors (Lipinski definition) is 1. The van der Waals surface area contributed by atoms with Gasteiger partial charge in [0.1, 0.15) is 0 Å². The Kier molecular flexibility index (Phi) is 6.01. The molecule has 0 unspecified atom stereocenters. The van der Waals surface area contributed by atoms with Gasteiger partial charge in [-0.15, -0.1) is 11.3 Å². The van der Waals surface area contributed by atoms with Gasteiger partial charge in [0.25, 0.3) is 5.91 Å². The first-order valence-corrected chi connectivity index (χ1v) is 8.54. The molecule has 112 valence electrons. The lowest BCUT2D eigenvalue weighted by Crippen LogP contribution is -2.51. The Bertz CT molecular complexity index is 444. The summed E-state index contributed by atoms with van der Waals surface area (Å²) in [5.74, 6) is 0.517. The van der Waals surface area contributed by atoms with E-state index in [2.05, 4.69) is 40.0 Å². The summed E-state index contributed by atoms with van der Waals surface area (Å²) in [6.45, 7) is 8.56. The smallest absolute Gasteiger partial charge is 0.261 e. The maximum absolute atomic E-state index is 12.1. The van der Waals surface area contributed by atoms with Crippen molar-refractivity contribution in [3.05, 3.63) is 20.8 Å². The Labute approximate surface area is 132 Å². The molecule has 1 saturated heterocycles. The lowest BCUT2D eigenvalue weighted by molar-refractivity contribution is 0.00674. The van der Waals surface area contributed by atoms with Crippen LogP contribution >= 0.6 is 27.3 Å². The fraction of sp³-hybridized carbons (Fsp3) is 0.643. The van der Waals surface area contributed by atoms with Crippen molar-refractivity contribution in [2.75, 3.05) is 32.8 Å². The third-order valence-corrected chi connectivity index (χ3v) is 5.18. The van der Waals surface area contributed by atoms with E-state index in [0.29, 0.717) is 18.5 Å². The van der Waals surface area contributed by atoms with Crippen LogP contribution in [0.15, 0.2) is 15.9 Å². The molecule has 1 amide bonds. The van der Waals surface area contributed by atoms with Gasteiger partial charge in [0.15, 0.2) is 0 Å². The Morgan fingerprint density at radius 2 is 2.15 bits per heavy atom. The minimum absolute atomic E-state index is 0.0135. The number of halogens is 1. The van der Waals surface area contributed by atoms with Crippen LogP contribution in [0.4, 0.5) is 0 Å². The molecular weight excluding hydrogens is 340 g/mol. The molecule has 0 bridgehead atoms. The number of carbonyl (C=O) groups excluding carboxylic acids is 1. The fourth-order valence-corrected chi connectivity index (χ4v) is 3.72. The molecule has 1 N–H and O–H groups in total. The summed E-state index contributed by atoms with van der Waals surface area (Å²) in [5, 5.41) is 3.06. The lowest BCUT2D eigenvalue weighted by Gasteiger charge is -2.36. The summed E-state index contributed by atoms with van der Waals surface area (Å²) in [4.78, 5) is 15.3. The molecular formula is C14H21BrN2O2S. The number of thiophene rings is 1. The van der Waals surface area contributed by atoms with Crippen LogP contribution in [-0.2, 0) is 4.74 Å². The summed E-state index contributed by atoms with van der Waals surface area (Å²) < 4.78 is 6.38. The van der Waals surface area contributed by atoms with E-state index >= 15 is 0 Å². The SMILES string of the molecule is CC(C)[C@@H](CNC(=O)c1ccc(Br)s1)N1CCOCC1. The molecule has 4 nitrogen and oxygen atoms in total. The van der Waals surface area contributed by atoms with E-state index in [0.717, 1.165) is 35.0 Å². The quantitative estimate of drug-likeness (QED) is 0.877. The summed E-state index contributed by atoms with van der Waals surface area (Å²) in [5.41, 5.74) is 0. The third-order valence-electron chi connectivity index (χ3n) is 3.55. The number of carbonyl (C=O) groups is 1. The van der Waals surface area contributed by atoms with Crippen LogP contribution in [0.5, 0.6) is 0 Å². The zero-order chi connectivity index (χ0) is 14.5. The van der Waals surface area contributed by atoms with Crippen molar-refractivity contribution < 1.29 is 9.53 Å². The van der Waals surface area contributed by atoms with Crippen LogP contribution in [0.2, 0.25) is 0 Å². The first-order valence-electron chi connectivity index (χ1n) is 6.93. The van der Waals surface area contributed by atoms with Gasteiger partial charge in [-0.25, -0.2) is 0 Å². The second kappa shape index (κ2) is 7.54. The largest absolute Gasteiger partial charge is 0.379 e. The van der Waals surface area contributed by atoms with Gasteiger partial charge in [0, 0.05) is 25.7 Å². The number of morpholine rings is 1. The van der Waals surface area contributed by atoms with Crippen LogP contribution in [-0.4, -0.2) is 49.7 Å². The van der Waals surface area contributed by atoms with Crippen molar-refractivity contribution >= 4 is 33.2 Å². The minimum atomic E-state index is 0.0135. The number of nitrogens with zero attached hydrogens (tertiary/aromatic N) is 1. The predicted molar refractivity (Wildman–Crippen MR) is 85.4 cm³/mol. The van der Waals surface area contributed by atoms with E-state index in [-0.39, 0.29) is 5.91 Å². The van der Waals surface area contributed by atoms with Gasteiger partial charge < -0.3 is 10.1 Å². The molecule has 2 heterocycles. The summed E-state index contributed by atoms with van der Waals surface area (Å²) in [6, 6.07) is 4.12. The third kappa shape index (κ3) is 4.28. The number of nitrogens with one attached hydrogen (secondary N) is 1. The van der Waals surface area contributed by atoms with Gasteiger partial charge in [0.2, 0.25) is 0 Å². The highest BCUT2D eigenvalue weighted by Crippen LogP contribution is 2.22. The van der Waals surface area contributed by atoms with Gasteiger partial charge in [-0.1, -0.05) is 13.8 Å². The molecule has 20 heavy (non-hydrogen) atoms. The number of ether oxygens (including phenoxy) is 1. The zero-order valence-electron chi connectivity index (χ0n) is 11.9. The number of rotatable bonds is 5. The Balaban J connectivity index is 1.90. The van der Waals surface area contributed by atoms with Crippen LogP contribution < -0.4 is 5.32 Å². The molecule has 0 radical (unpaired) electrons. The monoisotopic (exact) mass is 360 g/mol. The Hall–Kier alpha value is -0.430. The van der Waals surface area contributed by atoms with E-state index in [1.54, 1.807) is 0 Å². The van der Waals surface area contributed by atoms with Crippen molar-refractivity contribution in [3.8, 4) is 0 Å². The zero-order valence-corrected chi connectivity index (χ0v) is 14.3. The van der Waals surface area contributed by atoms with Crippen LogP contribution in [0.3, 0.4) is 0 Å². The maximum Gasteiger partial charge on any atom is 0.261 e. The second-order valence-corrected chi connectivity index (χ2v) is 7.74. The molecule has 6 heteroatoms. The lowest BCUT2D eigenvalue weighted by atomic mass is 10.0. The molecule has 1 aliphatic rings. The van der Waals surface area contributed by atoms with Crippen LogP contribution in [0.1, 0.15) is 23.5 Å². The van der Waals surface area contributed by atoms with E-state index in [9.17, 15) is 4.79 Å². The Morgan fingerprint density at radius 1 is 1.45 bits per heavy atom. The molecule has 0 saturated carbocycles. The highest BCUT2D eigenvalue weighted by atomic mass is 79.9. The molecule has 2 rings (SSSR count). The highest BCUT2D eigenvalue weighted by molar-refractivity contribution is 9.11. The fourth-order valence-electron chi connectivity index (χ4n) is 2.42. The average molecular weight is 361 g/mol. The minimum Gasteiger partial charge on any atom is -0.379 e. The molecule has 1 atom stereocenters. The van der Waals surface area contributed by atoms with E-state index in [1.807, 2.05) is 12.1 Å². The number of hydrogen-bond acceptors (Lipinski definition) is 4. The van der Waals surface area contributed by atoms with E-state index < -0.39 is 0 Å². The van der Waals surface area contributed by atoms with Gasteiger partial charge in [-0.05, 0) is 34.0 Å². The molecule has 0 aliphatic carbocycles. The first kappa shape index (κ1) is 15.9. The number of amides is 1. The van der Waals surface area contributed by atoms with Crippen molar-refractivity contribution in [2.45, 2.75) is 19.9 Å². The van der Waals surface area contributed by atoms with Crippen LogP contribution in [0, 0.1) is 5.92 Å². The summed E-state index contributed by atoms with van der Waals surface area (Å²) in [6.07, 6.45) is 0. The standard InChI is InChI=1S/C14H21BrN2O2S/c1-10(2)11(17-5-7-19-8-6-17)9-16-14(18)12-3-4-13(15)20-12/h3-4,10-11H,5-9H2,1-2H3,(H,16,18)/t11-/m1/s1. The van der Waals surface area contributed by atoms with Gasteiger partial charge in [-0.2, -0.15) is 0 Å². The van der Waals surface area contributed by atoms with Gasteiger partial charge >= 0.3 is 0 Å². The van der Waals surface area contributed by atoms with Crippen molar-refractivity contribution in [3.63, 3.8) is 0 Å². The first-order chi connectivity index (χ1) is 9.58. The molecule has 1 aromatic rings.